The zero-order valence-corrected chi connectivity index (χ0v) is 17.6. The van der Waals surface area contributed by atoms with Gasteiger partial charge < -0.3 is 4.90 Å². The molecule has 27 heavy (non-hydrogen) atoms. The lowest BCUT2D eigenvalue weighted by atomic mass is 10.1. The van der Waals surface area contributed by atoms with E-state index in [-0.39, 0.29) is 5.91 Å². The first-order valence-electron chi connectivity index (χ1n) is 9.26. The van der Waals surface area contributed by atoms with Gasteiger partial charge in [0.25, 0.3) is 5.91 Å². The maximum absolute atomic E-state index is 13.3. The molecule has 0 atom stereocenters. The molecule has 1 amide bonds. The molecule has 3 aromatic rings. The van der Waals surface area contributed by atoms with E-state index in [2.05, 4.69) is 45.0 Å². The number of thiazole rings is 1. The Kier molecular flexibility index (Phi) is 5.92. The van der Waals surface area contributed by atoms with E-state index in [1.54, 1.807) is 11.3 Å². The van der Waals surface area contributed by atoms with Crippen LogP contribution in [0.15, 0.2) is 36.4 Å². The van der Waals surface area contributed by atoms with Gasteiger partial charge in [-0.2, -0.15) is 0 Å². The summed E-state index contributed by atoms with van der Waals surface area (Å²) in [6.45, 7) is 7.81. The van der Waals surface area contributed by atoms with Crippen LogP contribution in [0.2, 0.25) is 0 Å². The van der Waals surface area contributed by atoms with Crippen LogP contribution in [0.5, 0.6) is 0 Å². The summed E-state index contributed by atoms with van der Waals surface area (Å²) in [7, 11) is 4.10. The number of hydrogen-bond donors (Lipinski definition) is 0. The van der Waals surface area contributed by atoms with E-state index in [4.69, 9.17) is 4.98 Å². The standard InChI is InChI=1S/C22H27N3OS/c1-15-8-6-9-18(12-15)21(26)25(11-7-10-24(4)5)22-23-19-13-16(2)17(3)14-20(19)27-22/h6,8-9,12-14H,7,10-11H2,1-5H3. The minimum absolute atomic E-state index is 0.0185. The number of aryl methyl sites for hydroxylation is 3. The van der Waals surface area contributed by atoms with E-state index in [9.17, 15) is 4.79 Å². The van der Waals surface area contributed by atoms with Crippen LogP contribution in [0.1, 0.15) is 33.5 Å². The fraction of sp³-hybridized carbons (Fsp3) is 0.364. The number of aromatic nitrogens is 1. The number of anilines is 1. The monoisotopic (exact) mass is 381 g/mol. The zero-order chi connectivity index (χ0) is 19.6. The van der Waals surface area contributed by atoms with Crippen LogP contribution in [0, 0.1) is 20.8 Å². The average molecular weight is 382 g/mol. The van der Waals surface area contributed by atoms with E-state index in [1.165, 1.54) is 11.1 Å². The molecule has 1 heterocycles. The van der Waals surface area contributed by atoms with Gasteiger partial charge in [-0.15, -0.1) is 0 Å². The maximum atomic E-state index is 13.3. The molecule has 0 aliphatic carbocycles. The predicted octanol–water partition coefficient (Wildman–Crippen LogP) is 4.82. The number of rotatable bonds is 6. The van der Waals surface area contributed by atoms with Gasteiger partial charge in [-0.05, 0) is 83.2 Å². The first-order valence-corrected chi connectivity index (χ1v) is 10.1. The van der Waals surface area contributed by atoms with Crippen molar-refractivity contribution in [2.24, 2.45) is 0 Å². The lowest BCUT2D eigenvalue weighted by molar-refractivity contribution is 0.0986. The third-order valence-corrected chi connectivity index (χ3v) is 5.76. The van der Waals surface area contributed by atoms with Crippen molar-refractivity contribution in [2.45, 2.75) is 27.2 Å². The van der Waals surface area contributed by atoms with Crippen molar-refractivity contribution in [1.29, 1.82) is 0 Å². The molecule has 0 bridgehead atoms. The van der Waals surface area contributed by atoms with E-state index < -0.39 is 0 Å². The van der Waals surface area contributed by atoms with Gasteiger partial charge in [0.15, 0.2) is 5.13 Å². The molecule has 5 heteroatoms. The molecule has 0 N–H and O–H groups in total. The molecular formula is C22H27N3OS. The van der Waals surface area contributed by atoms with Gasteiger partial charge in [-0.25, -0.2) is 4.98 Å². The Morgan fingerprint density at radius 2 is 1.78 bits per heavy atom. The third-order valence-electron chi connectivity index (χ3n) is 4.72. The molecule has 0 spiro atoms. The number of benzene rings is 2. The summed E-state index contributed by atoms with van der Waals surface area (Å²) in [6.07, 6.45) is 0.901. The zero-order valence-electron chi connectivity index (χ0n) is 16.7. The average Bonchev–Trinajstić information content (AvgIpc) is 3.00. The highest BCUT2D eigenvalue weighted by molar-refractivity contribution is 7.22. The Bertz CT molecular complexity index is 922. The van der Waals surface area contributed by atoms with E-state index in [0.717, 1.165) is 33.9 Å². The highest BCUT2D eigenvalue weighted by Gasteiger charge is 2.21. The van der Waals surface area contributed by atoms with Crippen LogP contribution in [0.25, 0.3) is 10.2 Å². The van der Waals surface area contributed by atoms with Crippen molar-refractivity contribution in [2.75, 3.05) is 32.1 Å². The number of nitrogens with zero attached hydrogens (tertiary/aromatic N) is 3. The molecule has 0 radical (unpaired) electrons. The summed E-state index contributed by atoms with van der Waals surface area (Å²) in [6, 6.07) is 12.1. The predicted molar refractivity (Wildman–Crippen MR) is 115 cm³/mol. The summed E-state index contributed by atoms with van der Waals surface area (Å²) in [4.78, 5) is 22.0. The highest BCUT2D eigenvalue weighted by atomic mass is 32.1. The number of amides is 1. The van der Waals surface area contributed by atoms with Gasteiger partial charge in [0.05, 0.1) is 10.2 Å². The Labute approximate surface area is 165 Å². The molecule has 0 aliphatic rings. The molecular weight excluding hydrogens is 354 g/mol. The molecule has 142 valence electrons. The summed E-state index contributed by atoms with van der Waals surface area (Å²) < 4.78 is 1.13. The van der Waals surface area contributed by atoms with Crippen molar-refractivity contribution in [3.05, 3.63) is 58.7 Å². The smallest absolute Gasteiger partial charge is 0.260 e. The Balaban J connectivity index is 1.97. The molecule has 0 fully saturated rings. The summed E-state index contributed by atoms with van der Waals surface area (Å²) >= 11 is 1.59. The fourth-order valence-corrected chi connectivity index (χ4v) is 4.12. The second-order valence-corrected chi connectivity index (χ2v) is 8.39. The fourth-order valence-electron chi connectivity index (χ4n) is 3.05. The van der Waals surface area contributed by atoms with Crippen LogP contribution < -0.4 is 4.90 Å². The first kappa shape index (κ1) is 19.5. The molecule has 1 aromatic heterocycles. The molecule has 0 saturated heterocycles. The SMILES string of the molecule is Cc1cccc(C(=O)N(CCCN(C)C)c2nc3cc(C)c(C)cc3s2)c1. The molecule has 0 saturated carbocycles. The summed E-state index contributed by atoms with van der Waals surface area (Å²) in [5, 5.41) is 0.778. The van der Waals surface area contributed by atoms with Crippen LogP contribution in [0.3, 0.4) is 0 Å². The Morgan fingerprint density at radius 3 is 2.48 bits per heavy atom. The van der Waals surface area contributed by atoms with E-state index >= 15 is 0 Å². The molecule has 3 rings (SSSR count). The van der Waals surface area contributed by atoms with Gasteiger partial charge in [0.1, 0.15) is 0 Å². The minimum atomic E-state index is 0.0185. The Morgan fingerprint density at radius 1 is 1.04 bits per heavy atom. The second kappa shape index (κ2) is 8.19. The largest absolute Gasteiger partial charge is 0.309 e. The van der Waals surface area contributed by atoms with Gasteiger partial charge in [0, 0.05) is 12.1 Å². The van der Waals surface area contributed by atoms with E-state index in [0.29, 0.717) is 12.1 Å². The lowest BCUT2D eigenvalue weighted by Gasteiger charge is -2.21. The van der Waals surface area contributed by atoms with Gasteiger partial charge >= 0.3 is 0 Å². The van der Waals surface area contributed by atoms with Crippen LogP contribution >= 0.6 is 11.3 Å². The van der Waals surface area contributed by atoms with Crippen molar-refractivity contribution >= 4 is 32.6 Å². The maximum Gasteiger partial charge on any atom is 0.260 e. The number of fused-ring (bicyclic) bond motifs is 1. The van der Waals surface area contributed by atoms with Crippen LogP contribution in [0.4, 0.5) is 5.13 Å². The van der Waals surface area contributed by atoms with E-state index in [1.807, 2.05) is 36.1 Å². The second-order valence-electron chi connectivity index (χ2n) is 7.38. The first-order chi connectivity index (χ1) is 12.8. The summed E-state index contributed by atoms with van der Waals surface area (Å²) in [5.41, 5.74) is 5.24. The van der Waals surface area contributed by atoms with Crippen molar-refractivity contribution in [3.8, 4) is 0 Å². The topological polar surface area (TPSA) is 36.4 Å². The number of hydrogen-bond acceptors (Lipinski definition) is 4. The van der Waals surface area contributed by atoms with Gasteiger partial charge in [0.2, 0.25) is 0 Å². The normalized spacial score (nSPS) is 11.3. The molecule has 4 nitrogen and oxygen atoms in total. The lowest BCUT2D eigenvalue weighted by Crippen LogP contribution is -2.33. The molecule has 0 aliphatic heterocycles. The summed E-state index contributed by atoms with van der Waals surface area (Å²) in [5.74, 6) is 0.0185. The molecule has 2 aromatic carbocycles. The number of carbonyl (C=O) groups excluding carboxylic acids is 1. The van der Waals surface area contributed by atoms with Crippen molar-refractivity contribution < 1.29 is 4.79 Å². The third kappa shape index (κ3) is 4.54. The Hall–Kier alpha value is -2.24. The minimum Gasteiger partial charge on any atom is -0.309 e. The van der Waals surface area contributed by atoms with Crippen molar-refractivity contribution in [3.63, 3.8) is 0 Å². The number of carbonyl (C=O) groups is 1. The highest BCUT2D eigenvalue weighted by Crippen LogP contribution is 2.31. The van der Waals surface area contributed by atoms with Crippen LogP contribution in [-0.4, -0.2) is 43.0 Å². The molecule has 0 unspecified atom stereocenters. The van der Waals surface area contributed by atoms with Gasteiger partial charge in [-0.3, -0.25) is 9.69 Å². The van der Waals surface area contributed by atoms with Gasteiger partial charge in [-0.1, -0.05) is 29.0 Å². The van der Waals surface area contributed by atoms with Crippen molar-refractivity contribution in [1.82, 2.24) is 9.88 Å². The van der Waals surface area contributed by atoms with Crippen LogP contribution in [-0.2, 0) is 0 Å². The quantitative estimate of drug-likeness (QED) is 0.614.